The molecule has 0 saturated carbocycles. The van der Waals surface area contributed by atoms with Crippen molar-refractivity contribution in [1.29, 1.82) is 0 Å². The molecular weight excluding hydrogens is 306 g/mol. The minimum atomic E-state index is -3.38. The SMILES string of the molecule is CC(C(=O)N(C)c1ccccc1S(C)(=O)=O)c1ccsc1. The number of amides is 1. The van der Waals surface area contributed by atoms with Gasteiger partial charge in [0.05, 0.1) is 16.5 Å². The van der Waals surface area contributed by atoms with Gasteiger partial charge in [0.2, 0.25) is 5.91 Å². The minimum absolute atomic E-state index is 0.135. The highest BCUT2D eigenvalue weighted by Crippen LogP contribution is 2.28. The van der Waals surface area contributed by atoms with E-state index in [2.05, 4.69) is 0 Å². The number of sulfone groups is 1. The Morgan fingerprint density at radius 2 is 1.90 bits per heavy atom. The number of hydrogen-bond acceptors (Lipinski definition) is 4. The second-order valence-corrected chi connectivity index (χ2v) is 7.68. The van der Waals surface area contributed by atoms with E-state index < -0.39 is 9.84 Å². The summed E-state index contributed by atoms with van der Waals surface area (Å²) in [5.74, 6) is -0.446. The normalized spacial score (nSPS) is 12.9. The first-order valence-corrected chi connectivity index (χ1v) is 9.24. The molecule has 0 saturated heterocycles. The molecule has 1 unspecified atom stereocenters. The Bertz CT molecular complexity index is 736. The van der Waals surface area contributed by atoms with Gasteiger partial charge in [0.1, 0.15) is 0 Å². The number of likely N-dealkylation sites (N-methyl/N-ethyl adjacent to an activating group) is 1. The predicted octanol–water partition coefficient (Wildman–Crippen LogP) is 2.92. The maximum Gasteiger partial charge on any atom is 0.234 e. The summed E-state index contributed by atoms with van der Waals surface area (Å²) in [4.78, 5) is 14.1. The van der Waals surface area contributed by atoms with Gasteiger partial charge in [0.15, 0.2) is 9.84 Å². The first-order chi connectivity index (χ1) is 9.82. The van der Waals surface area contributed by atoms with Crippen molar-refractivity contribution in [3.63, 3.8) is 0 Å². The lowest BCUT2D eigenvalue weighted by molar-refractivity contribution is -0.119. The molecule has 0 fully saturated rings. The van der Waals surface area contributed by atoms with E-state index >= 15 is 0 Å². The molecule has 0 radical (unpaired) electrons. The van der Waals surface area contributed by atoms with Gasteiger partial charge in [0, 0.05) is 13.3 Å². The Labute approximate surface area is 129 Å². The summed E-state index contributed by atoms with van der Waals surface area (Å²) in [6.07, 6.45) is 1.15. The molecule has 4 nitrogen and oxygen atoms in total. The summed E-state index contributed by atoms with van der Waals surface area (Å²) in [5.41, 5.74) is 1.35. The molecule has 0 spiro atoms. The van der Waals surface area contributed by atoms with Crippen molar-refractivity contribution in [3.05, 3.63) is 46.7 Å². The van der Waals surface area contributed by atoms with Crippen molar-refractivity contribution in [3.8, 4) is 0 Å². The smallest absolute Gasteiger partial charge is 0.234 e. The lowest BCUT2D eigenvalue weighted by Gasteiger charge is -2.23. The fourth-order valence-electron chi connectivity index (χ4n) is 2.12. The molecule has 6 heteroatoms. The average molecular weight is 323 g/mol. The molecule has 0 aliphatic carbocycles. The van der Waals surface area contributed by atoms with Gasteiger partial charge in [0.25, 0.3) is 0 Å². The third-order valence-corrected chi connectivity index (χ3v) is 5.22. The van der Waals surface area contributed by atoms with E-state index in [0.717, 1.165) is 11.8 Å². The third kappa shape index (κ3) is 3.33. The van der Waals surface area contributed by atoms with E-state index in [9.17, 15) is 13.2 Å². The third-order valence-electron chi connectivity index (χ3n) is 3.37. The number of hydrogen-bond donors (Lipinski definition) is 0. The predicted molar refractivity (Wildman–Crippen MR) is 85.7 cm³/mol. The first-order valence-electron chi connectivity index (χ1n) is 6.41. The molecule has 0 bridgehead atoms. The standard InChI is InChI=1S/C15H17NO3S2/c1-11(12-8-9-20-10-12)15(17)16(2)13-6-4-5-7-14(13)21(3,18)19/h4-11H,1-3H3. The zero-order valence-electron chi connectivity index (χ0n) is 12.1. The highest BCUT2D eigenvalue weighted by molar-refractivity contribution is 7.90. The van der Waals surface area contributed by atoms with Crippen LogP contribution in [0.3, 0.4) is 0 Å². The van der Waals surface area contributed by atoms with Crippen LogP contribution >= 0.6 is 11.3 Å². The molecular formula is C15H17NO3S2. The van der Waals surface area contributed by atoms with Gasteiger partial charge in [-0.3, -0.25) is 4.79 Å². The highest BCUT2D eigenvalue weighted by atomic mass is 32.2. The summed E-state index contributed by atoms with van der Waals surface area (Å²) in [6.45, 7) is 1.82. The number of carbonyl (C=O) groups excluding carboxylic acids is 1. The van der Waals surface area contributed by atoms with Crippen LogP contribution in [-0.4, -0.2) is 27.6 Å². The van der Waals surface area contributed by atoms with Crippen molar-refractivity contribution in [2.45, 2.75) is 17.7 Å². The fourth-order valence-corrected chi connectivity index (χ4v) is 3.79. The lowest BCUT2D eigenvalue weighted by atomic mass is 10.0. The largest absolute Gasteiger partial charge is 0.314 e. The Hall–Kier alpha value is -1.66. The van der Waals surface area contributed by atoms with E-state index in [-0.39, 0.29) is 16.7 Å². The molecule has 1 atom stereocenters. The van der Waals surface area contributed by atoms with Crippen LogP contribution in [0.5, 0.6) is 0 Å². The van der Waals surface area contributed by atoms with Crippen molar-refractivity contribution < 1.29 is 13.2 Å². The number of para-hydroxylation sites is 1. The van der Waals surface area contributed by atoms with E-state index in [1.54, 1.807) is 25.2 Å². The number of nitrogens with zero attached hydrogens (tertiary/aromatic N) is 1. The number of rotatable bonds is 4. The van der Waals surface area contributed by atoms with E-state index in [4.69, 9.17) is 0 Å². The first kappa shape index (κ1) is 15.7. The monoisotopic (exact) mass is 323 g/mol. The van der Waals surface area contributed by atoms with Crippen molar-refractivity contribution in [2.75, 3.05) is 18.2 Å². The van der Waals surface area contributed by atoms with E-state index in [0.29, 0.717) is 5.69 Å². The number of carbonyl (C=O) groups is 1. The summed E-state index contributed by atoms with van der Waals surface area (Å²) >= 11 is 1.53. The van der Waals surface area contributed by atoms with Crippen molar-refractivity contribution in [2.24, 2.45) is 0 Å². The number of thiophene rings is 1. The van der Waals surface area contributed by atoms with Gasteiger partial charge in [-0.2, -0.15) is 11.3 Å². The van der Waals surface area contributed by atoms with Crippen LogP contribution in [0.15, 0.2) is 46.0 Å². The molecule has 0 N–H and O–H groups in total. The number of benzene rings is 1. The van der Waals surface area contributed by atoms with E-state index in [1.165, 1.54) is 22.3 Å². The quantitative estimate of drug-likeness (QED) is 0.869. The van der Waals surface area contributed by atoms with Gasteiger partial charge in [-0.1, -0.05) is 12.1 Å². The van der Waals surface area contributed by atoms with E-state index in [1.807, 2.05) is 23.8 Å². The van der Waals surface area contributed by atoms with Crippen LogP contribution < -0.4 is 4.90 Å². The fraction of sp³-hybridized carbons (Fsp3) is 0.267. The van der Waals surface area contributed by atoms with Crippen molar-refractivity contribution in [1.82, 2.24) is 0 Å². The van der Waals surface area contributed by atoms with Crippen LogP contribution in [0, 0.1) is 0 Å². The number of anilines is 1. The lowest BCUT2D eigenvalue weighted by Crippen LogP contribution is -2.31. The topological polar surface area (TPSA) is 54.5 Å². The molecule has 1 heterocycles. The van der Waals surface area contributed by atoms with Gasteiger partial charge >= 0.3 is 0 Å². The summed E-state index contributed by atoms with van der Waals surface area (Å²) in [6, 6.07) is 8.45. The second kappa shape index (κ2) is 5.99. The van der Waals surface area contributed by atoms with Crippen LogP contribution in [0.25, 0.3) is 0 Å². The molecule has 21 heavy (non-hydrogen) atoms. The van der Waals surface area contributed by atoms with Crippen LogP contribution in [-0.2, 0) is 14.6 Å². The Morgan fingerprint density at radius 1 is 1.24 bits per heavy atom. The zero-order chi connectivity index (χ0) is 15.6. The molecule has 1 aromatic heterocycles. The van der Waals surface area contributed by atoms with Gasteiger partial charge in [-0.25, -0.2) is 8.42 Å². The van der Waals surface area contributed by atoms with Crippen molar-refractivity contribution >= 4 is 32.8 Å². The Balaban J connectivity index is 2.37. The maximum atomic E-state index is 12.6. The molecule has 2 aromatic rings. The van der Waals surface area contributed by atoms with Crippen LogP contribution in [0.4, 0.5) is 5.69 Å². The summed E-state index contributed by atoms with van der Waals surface area (Å²) in [5, 5.41) is 3.85. The molecule has 1 aromatic carbocycles. The summed E-state index contributed by atoms with van der Waals surface area (Å²) < 4.78 is 23.7. The molecule has 2 rings (SSSR count). The second-order valence-electron chi connectivity index (χ2n) is 4.92. The highest BCUT2D eigenvalue weighted by Gasteiger charge is 2.24. The van der Waals surface area contributed by atoms with Gasteiger partial charge in [-0.15, -0.1) is 0 Å². The van der Waals surface area contributed by atoms with Gasteiger partial charge < -0.3 is 4.90 Å². The van der Waals surface area contributed by atoms with Gasteiger partial charge in [-0.05, 0) is 41.4 Å². The summed E-state index contributed by atoms with van der Waals surface area (Å²) in [7, 11) is -1.78. The molecule has 112 valence electrons. The molecule has 1 amide bonds. The Morgan fingerprint density at radius 3 is 2.48 bits per heavy atom. The maximum absolute atomic E-state index is 12.6. The molecule has 0 aliphatic rings. The van der Waals surface area contributed by atoms with Crippen LogP contribution in [0.1, 0.15) is 18.4 Å². The average Bonchev–Trinajstić information content (AvgIpc) is 2.98. The Kier molecular flexibility index (Phi) is 4.49. The minimum Gasteiger partial charge on any atom is -0.314 e. The zero-order valence-corrected chi connectivity index (χ0v) is 13.7. The van der Waals surface area contributed by atoms with Crippen LogP contribution in [0.2, 0.25) is 0 Å². The molecule has 0 aliphatic heterocycles.